The Labute approximate surface area is 113 Å². The van der Waals surface area contributed by atoms with Crippen LogP contribution in [0.3, 0.4) is 0 Å². The minimum atomic E-state index is -0.982. The Morgan fingerprint density at radius 2 is 2.42 bits per heavy atom. The van der Waals surface area contributed by atoms with Crippen molar-refractivity contribution in [1.82, 2.24) is 9.88 Å². The van der Waals surface area contributed by atoms with Gasteiger partial charge >= 0.3 is 5.97 Å². The lowest BCUT2D eigenvalue weighted by molar-refractivity contribution is -0.0592. The second-order valence-electron chi connectivity index (χ2n) is 4.99. The van der Waals surface area contributed by atoms with Gasteiger partial charge in [0.1, 0.15) is 5.69 Å². The third-order valence-electron chi connectivity index (χ3n) is 3.48. The van der Waals surface area contributed by atoms with Crippen LogP contribution < -0.4 is 0 Å². The van der Waals surface area contributed by atoms with Crippen molar-refractivity contribution >= 4 is 5.97 Å². The molecule has 19 heavy (non-hydrogen) atoms. The molecular weight excluding hydrogens is 244 g/mol. The first kappa shape index (κ1) is 14.0. The van der Waals surface area contributed by atoms with E-state index in [-0.39, 0.29) is 11.8 Å². The molecule has 5 heteroatoms. The van der Waals surface area contributed by atoms with Gasteiger partial charge in [0.2, 0.25) is 0 Å². The van der Waals surface area contributed by atoms with Crippen molar-refractivity contribution in [2.45, 2.75) is 39.0 Å². The van der Waals surface area contributed by atoms with E-state index in [1.807, 2.05) is 6.07 Å². The molecule has 1 aliphatic rings. The first-order valence-corrected chi connectivity index (χ1v) is 6.64. The van der Waals surface area contributed by atoms with E-state index in [1.165, 1.54) is 0 Å². The number of hydrogen-bond donors (Lipinski definition) is 1. The fourth-order valence-corrected chi connectivity index (χ4v) is 2.41. The molecule has 1 aliphatic heterocycles. The largest absolute Gasteiger partial charge is 0.477 e. The molecule has 2 rings (SSSR count). The van der Waals surface area contributed by atoms with Crippen LogP contribution in [-0.4, -0.2) is 46.3 Å². The zero-order chi connectivity index (χ0) is 13.8. The number of carbonyl (C=O) groups is 1. The third-order valence-corrected chi connectivity index (χ3v) is 3.48. The number of rotatable bonds is 4. The van der Waals surface area contributed by atoms with Crippen molar-refractivity contribution < 1.29 is 14.6 Å². The van der Waals surface area contributed by atoms with E-state index in [0.29, 0.717) is 6.04 Å². The van der Waals surface area contributed by atoms with Gasteiger partial charge in [0, 0.05) is 25.3 Å². The van der Waals surface area contributed by atoms with Crippen LogP contribution in [0.15, 0.2) is 18.3 Å². The molecule has 1 aromatic heterocycles. The van der Waals surface area contributed by atoms with Crippen molar-refractivity contribution in [2.75, 3.05) is 13.2 Å². The highest BCUT2D eigenvalue weighted by Crippen LogP contribution is 2.17. The smallest absolute Gasteiger partial charge is 0.354 e. The van der Waals surface area contributed by atoms with Crippen LogP contribution in [0.25, 0.3) is 0 Å². The number of hydrogen-bond acceptors (Lipinski definition) is 4. The molecule has 0 aliphatic carbocycles. The molecule has 0 bridgehead atoms. The summed E-state index contributed by atoms with van der Waals surface area (Å²) in [4.78, 5) is 17.1. The zero-order valence-corrected chi connectivity index (χ0v) is 11.4. The Morgan fingerprint density at radius 3 is 3.11 bits per heavy atom. The molecule has 0 aromatic carbocycles. The predicted molar refractivity (Wildman–Crippen MR) is 71.1 cm³/mol. The summed E-state index contributed by atoms with van der Waals surface area (Å²) in [6.45, 7) is 6.58. The highest BCUT2D eigenvalue weighted by molar-refractivity contribution is 5.85. The van der Waals surface area contributed by atoms with Crippen molar-refractivity contribution in [3.63, 3.8) is 0 Å². The van der Waals surface area contributed by atoms with Crippen LogP contribution in [0.2, 0.25) is 0 Å². The number of aromatic nitrogens is 1. The number of aromatic carboxylic acids is 1. The molecule has 104 valence electrons. The monoisotopic (exact) mass is 264 g/mol. The normalized spacial score (nSPS) is 24.3. The summed E-state index contributed by atoms with van der Waals surface area (Å²) < 4.78 is 5.66. The number of morpholine rings is 1. The van der Waals surface area contributed by atoms with E-state index in [9.17, 15) is 4.79 Å². The van der Waals surface area contributed by atoms with Crippen molar-refractivity contribution in [3.8, 4) is 0 Å². The number of ether oxygens (including phenoxy) is 1. The Morgan fingerprint density at radius 1 is 1.63 bits per heavy atom. The SMILES string of the molecule is CCC1COC(C)CN1Cc1ccnc(C(=O)O)c1. The average molecular weight is 264 g/mol. The molecular formula is C14H20N2O3. The van der Waals surface area contributed by atoms with Gasteiger partial charge in [0.15, 0.2) is 0 Å². The Kier molecular flexibility index (Phi) is 4.50. The maximum Gasteiger partial charge on any atom is 0.354 e. The zero-order valence-electron chi connectivity index (χ0n) is 11.4. The molecule has 1 aromatic rings. The second kappa shape index (κ2) is 6.12. The van der Waals surface area contributed by atoms with Crippen LogP contribution in [0.1, 0.15) is 36.3 Å². The summed E-state index contributed by atoms with van der Waals surface area (Å²) in [7, 11) is 0. The van der Waals surface area contributed by atoms with E-state index in [1.54, 1.807) is 12.3 Å². The van der Waals surface area contributed by atoms with Gasteiger partial charge in [-0.1, -0.05) is 6.92 Å². The summed E-state index contributed by atoms with van der Waals surface area (Å²) in [5.74, 6) is -0.982. The molecule has 0 radical (unpaired) electrons. The summed E-state index contributed by atoms with van der Waals surface area (Å²) in [5.41, 5.74) is 1.09. The highest BCUT2D eigenvalue weighted by atomic mass is 16.5. The maximum absolute atomic E-state index is 10.9. The first-order valence-electron chi connectivity index (χ1n) is 6.64. The second-order valence-corrected chi connectivity index (χ2v) is 4.99. The fraction of sp³-hybridized carbons (Fsp3) is 0.571. The summed E-state index contributed by atoms with van der Waals surface area (Å²) in [5, 5.41) is 8.96. The lowest BCUT2D eigenvalue weighted by Crippen LogP contribution is -2.47. The molecule has 5 nitrogen and oxygen atoms in total. The Bertz CT molecular complexity index is 450. The summed E-state index contributed by atoms with van der Waals surface area (Å²) in [6, 6.07) is 3.92. The minimum Gasteiger partial charge on any atom is -0.477 e. The highest BCUT2D eigenvalue weighted by Gasteiger charge is 2.25. The number of nitrogens with zero attached hydrogens (tertiary/aromatic N) is 2. The number of carboxylic acid groups (broad SMARTS) is 1. The van der Waals surface area contributed by atoms with E-state index in [4.69, 9.17) is 9.84 Å². The average Bonchev–Trinajstić information content (AvgIpc) is 2.39. The molecule has 0 spiro atoms. The van der Waals surface area contributed by atoms with Gasteiger partial charge in [-0.25, -0.2) is 9.78 Å². The van der Waals surface area contributed by atoms with Gasteiger partial charge in [0.25, 0.3) is 0 Å². The van der Waals surface area contributed by atoms with Gasteiger partial charge in [-0.15, -0.1) is 0 Å². The quantitative estimate of drug-likeness (QED) is 0.898. The lowest BCUT2D eigenvalue weighted by atomic mass is 10.1. The van der Waals surface area contributed by atoms with Crippen LogP contribution in [0.4, 0.5) is 0 Å². The van der Waals surface area contributed by atoms with Gasteiger partial charge in [-0.05, 0) is 31.0 Å². The van der Waals surface area contributed by atoms with Crippen molar-refractivity contribution in [2.24, 2.45) is 0 Å². The number of pyridine rings is 1. The van der Waals surface area contributed by atoms with Crippen LogP contribution in [0, 0.1) is 0 Å². The van der Waals surface area contributed by atoms with Gasteiger partial charge in [-0.3, -0.25) is 4.90 Å². The molecule has 2 unspecified atom stereocenters. The van der Waals surface area contributed by atoms with Gasteiger partial charge in [0.05, 0.1) is 12.7 Å². The van der Waals surface area contributed by atoms with Crippen molar-refractivity contribution in [3.05, 3.63) is 29.6 Å². The molecule has 1 N–H and O–H groups in total. The van der Waals surface area contributed by atoms with E-state index in [0.717, 1.165) is 31.7 Å². The molecule has 0 saturated carbocycles. The van der Waals surface area contributed by atoms with Crippen LogP contribution in [0.5, 0.6) is 0 Å². The van der Waals surface area contributed by atoms with E-state index in [2.05, 4.69) is 23.7 Å². The molecule has 2 heterocycles. The standard InChI is InChI=1S/C14H20N2O3/c1-3-12-9-19-10(2)7-16(12)8-11-4-5-15-13(6-11)14(17)18/h4-6,10,12H,3,7-9H2,1-2H3,(H,17,18). The Hall–Kier alpha value is -1.46. The predicted octanol–water partition coefficient (Wildman–Crippen LogP) is 1.78. The molecule has 0 amide bonds. The first-order chi connectivity index (χ1) is 9.10. The van der Waals surface area contributed by atoms with Crippen LogP contribution in [-0.2, 0) is 11.3 Å². The van der Waals surface area contributed by atoms with Gasteiger partial charge in [-0.2, -0.15) is 0 Å². The van der Waals surface area contributed by atoms with Gasteiger partial charge < -0.3 is 9.84 Å². The number of carboxylic acids is 1. The Balaban J connectivity index is 2.10. The molecule has 2 atom stereocenters. The summed E-state index contributed by atoms with van der Waals surface area (Å²) >= 11 is 0. The maximum atomic E-state index is 10.9. The summed E-state index contributed by atoms with van der Waals surface area (Å²) in [6.07, 6.45) is 2.82. The topological polar surface area (TPSA) is 62.7 Å². The van der Waals surface area contributed by atoms with Crippen LogP contribution >= 0.6 is 0 Å². The van der Waals surface area contributed by atoms with E-state index >= 15 is 0 Å². The molecule has 1 saturated heterocycles. The van der Waals surface area contributed by atoms with Crippen molar-refractivity contribution in [1.29, 1.82) is 0 Å². The molecule has 1 fully saturated rings. The van der Waals surface area contributed by atoms with E-state index < -0.39 is 5.97 Å². The minimum absolute atomic E-state index is 0.104. The fourth-order valence-electron chi connectivity index (χ4n) is 2.41. The third kappa shape index (κ3) is 3.52. The lowest BCUT2D eigenvalue weighted by Gasteiger charge is -2.38.